The van der Waals surface area contributed by atoms with Crippen molar-refractivity contribution >= 4 is 5.97 Å². The fraction of sp³-hybridized carbons (Fsp3) is 0.0370. The Labute approximate surface area is 175 Å². The highest BCUT2D eigenvalue weighted by atomic mass is 16.5. The number of carbonyl (C=O) groups is 1. The van der Waals surface area contributed by atoms with E-state index < -0.39 is 0 Å². The van der Waals surface area contributed by atoms with Crippen LogP contribution in [0.1, 0.15) is 11.1 Å². The fourth-order valence-corrected chi connectivity index (χ4v) is 3.23. The van der Waals surface area contributed by atoms with Crippen LogP contribution in [0.2, 0.25) is 0 Å². The molecule has 30 heavy (non-hydrogen) atoms. The number of nitrogens with zero attached hydrogens (tertiary/aromatic N) is 1. The highest BCUT2D eigenvalue weighted by Crippen LogP contribution is 2.23. The van der Waals surface area contributed by atoms with Gasteiger partial charge in [-0.15, -0.1) is 0 Å². The number of nitriles is 1. The van der Waals surface area contributed by atoms with Gasteiger partial charge in [-0.25, -0.2) is 0 Å². The van der Waals surface area contributed by atoms with Gasteiger partial charge in [0.15, 0.2) is 0 Å². The summed E-state index contributed by atoms with van der Waals surface area (Å²) in [4.78, 5) is 12.3. The Kier molecular flexibility index (Phi) is 5.68. The van der Waals surface area contributed by atoms with Crippen LogP contribution in [0.3, 0.4) is 0 Å². The molecule has 4 rings (SSSR count). The van der Waals surface area contributed by atoms with Crippen LogP contribution in [0, 0.1) is 11.3 Å². The first-order valence-electron chi connectivity index (χ1n) is 9.67. The Bertz CT molecular complexity index is 1170. The molecule has 4 aromatic carbocycles. The zero-order valence-corrected chi connectivity index (χ0v) is 16.3. The molecule has 0 heterocycles. The van der Waals surface area contributed by atoms with Gasteiger partial charge < -0.3 is 4.74 Å². The second-order valence-corrected chi connectivity index (χ2v) is 6.93. The minimum Gasteiger partial charge on any atom is -0.426 e. The molecule has 0 N–H and O–H groups in total. The van der Waals surface area contributed by atoms with Gasteiger partial charge in [-0.3, -0.25) is 4.79 Å². The van der Waals surface area contributed by atoms with E-state index in [4.69, 9.17) is 10.00 Å². The normalized spacial score (nSPS) is 10.2. The molecule has 0 aromatic heterocycles. The topological polar surface area (TPSA) is 50.1 Å². The molecular formula is C27H19NO2. The number of benzene rings is 4. The fourth-order valence-electron chi connectivity index (χ4n) is 3.23. The maximum Gasteiger partial charge on any atom is 0.315 e. The summed E-state index contributed by atoms with van der Waals surface area (Å²) >= 11 is 0. The standard InChI is InChI=1S/C27H19NO2/c28-19-21-8-12-24(13-9-21)25-14-16-26(17-15-25)30-27(29)18-20-6-10-23(11-7-20)22-4-2-1-3-5-22/h1-17H,18H2. The lowest BCUT2D eigenvalue weighted by Gasteiger charge is -2.07. The Balaban J connectivity index is 1.37. The first kappa shape index (κ1) is 19.2. The van der Waals surface area contributed by atoms with Crippen molar-refractivity contribution in [3.8, 4) is 34.1 Å². The molecule has 144 valence electrons. The summed E-state index contributed by atoms with van der Waals surface area (Å²) in [6.07, 6.45) is 0.215. The Morgan fingerprint density at radius 1 is 0.667 bits per heavy atom. The van der Waals surface area contributed by atoms with Crippen molar-refractivity contribution in [2.75, 3.05) is 0 Å². The maximum atomic E-state index is 12.3. The van der Waals surface area contributed by atoms with Gasteiger partial charge in [0.1, 0.15) is 5.75 Å². The van der Waals surface area contributed by atoms with Gasteiger partial charge in [-0.1, -0.05) is 78.9 Å². The predicted octanol–water partition coefficient (Wildman–Crippen LogP) is 6.04. The van der Waals surface area contributed by atoms with Crippen LogP contribution in [-0.2, 0) is 11.2 Å². The average Bonchev–Trinajstić information content (AvgIpc) is 2.81. The van der Waals surface area contributed by atoms with E-state index in [1.54, 1.807) is 24.3 Å². The van der Waals surface area contributed by atoms with Crippen molar-refractivity contribution in [3.05, 3.63) is 114 Å². The van der Waals surface area contributed by atoms with Gasteiger partial charge in [0.25, 0.3) is 0 Å². The molecule has 0 amide bonds. The van der Waals surface area contributed by atoms with Crippen molar-refractivity contribution in [1.29, 1.82) is 5.26 Å². The van der Waals surface area contributed by atoms with Gasteiger partial charge in [0.2, 0.25) is 0 Å². The summed E-state index contributed by atoms with van der Waals surface area (Å²) in [6.45, 7) is 0. The number of hydrogen-bond acceptors (Lipinski definition) is 3. The molecule has 0 radical (unpaired) electrons. The predicted molar refractivity (Wildman–Crippen MR) is 118 cm³/mol. The zero-order valence-electron chi connectivity index (χ0n) is 16.3. The Morgan fingerprint density at radius 3 is 1.73 bits per heavy atom. The molecule has 0 aliphatic heterocycles. The van der Waals surface area contributed by atoms with Crippen molar-refractivity contribution in [3.63, 3.8) is 0 Å². The number of hydrogen-bond donors (Lipinski definition) is 0. The van der Waals surface area contributed by atoms with E-state index in [9.17, 15) is 4.79 Å². The molecule has 0 aliphatic carbocycles. The third kappa shape index (κ3) is 4.63. The molecule has 0 atom stereocenters. The molecule has 0 unspecified atom stereocenters. The first-order chi connectivity index (χ1) is 14.7. The molecule has 0 fully saturated rings. The largest absolute Gasteiger partial charge is 0.426 e. The Hall–Kier alpha value is -4.16. The average molecular weight is 389 g/mol. The molecular weight excluding hydrogens is 370 g/mol. The molecule has 0 spiro atoms. The van der Waals surface area contributed by atoms with Crippen molar-refractivity contribution in [2.45, 2.75) is 6.42 Å². The van der Waals surface area contributed by atoms with Crippen LogP contribution in [0.25, 0.3) is 22.3 Å². The van der Waals surface area contributed by atoms with Crippen molar-refractivity contribution in [1.82, 2.24) is 0 Å². The highest BCUT2D eigenvalue weighted by Gasteiger charge is 2.08. The zero-order chi connectivity index (χ0) is 20.8. The lowest BCUT2D eigenvalue weighted by molar-refractivity contribution is -0.133. The summed E-state index contributed by atoms with van der Waals surface area (Å²) < 4.78 is 5.48. The maximum absolute atomic E-state index is 12.3. The third-order valence-corrected chi connectivity index (χ3v) is 4.84. The van der Waals surface area contributed by atoms with E-state index in [2.05, 4.69) is 18.2 Å². The van der Waals surface area contributed by atoms with E-state index in [1.807, 2.05) is 66.7 Å². The van der Waals surface area contributed by atoms with Gasteiger partial charge in [0.05, 0.1) is 18.1 Å². The monoisotopic (exact) mass is 389 g/mol. The van der Waals surface area contributed by atoms with Crippen molar-refractivity contribution < 1.29 is 9.53 Å². The van der Waals surface area contributed by atoms with Gasteiger partial charge in [-0.2, -0.15) is 5.26 Å². The molecule has 0 aliphatic rings. The van der Waals surface area contributed by atoms with Gasteiger partial charge in [-0.05, 0) is 52.1 Å². The van der Waals surface area contributed by atoms with E-state index in [0.29, 0.717) is 11.3 Å². The van der Waals surface area contributed by atoms with E-state index in [-0.39, 0.29) is 12.4 Å². The van der Waals surface area contributed by atoms with Crippen LogP contribution in [0.5, 0.6) is 5.75 Å². The van der Waals surface area contributed by atoms with Crippen LogP contribution in [-0.4, -0.2) is 5.97 Å². The summed E-state index contributed by atoms with van der Waals surface area (Å²) in [5.74, 6) is 0.215. The molecule has 0 saturated carbocycles. The summed E-state index contributed by atoms with van der Waals surface area (Å²) in [5.41, 5.74) is 5.80. The SMILES string of the molecule is N#Cc1ccc(-c2ccc(OC(=O)Cc3ccc(-c4ccccc4)cc3)cc2)cc1. The number of esters is 1. The van der Waals surface area contributed by atoms with Gasteiger partial charge >= 0.3 is 5.97 Å². The smallest absolute Gasteiger partial charge is 0.315 e. The lowest BCUT2D eigenvalue weighted by Crippen LogP contribution is -2.11. The van der Waals surface area contributed by atoms with Gasteiger partial charge in [0, 0.05) is 0 Å². The van der Waals surface area contributed by atoms with Crippen LogP contribution in [0.15, 0.2) is 103 Å². The van der Waals surface area contributed by atoms with Crippen LogP contribution < -0.4 is 4.74 Å². The lowest BCUT2D eigenvalue weighted by atomic mass is 10.0. The van der Waals surface area contributed by atoms with Crippen LogP contribution in [0.4, 0.5) is 0 Å². The number of ether oxygens (including phenoxy) is 1. The molecule has 4 aromatic rings. The molecule has 3 heteroatoms. The quantitative estimate of drug-likeness (QED) is 0.309. The first-order valence-corrected chi connectivity index (χ1v) is 9.67. The molecule has 0 bridgehead atoms. The van der Waals surface area contributed by atoms with Crippen molar-refractivity contribution in [2.24, 2.45) is 0 Å². The molecule has 0 saturated heterocycles. The Morgan fingerprint density at radius 2 is 1.17 bits per heavy atom. The summed E-state index contributed by atoms with van der Waals surface area (Å²) in [7, 11) is 0. The number of carbonyl (C=O) groups excluding carboxylic acids is 1. The second-order valence-electron chi connectivity index (χ2n) is 6.93. The van der Waals surface area contributed by atoms with Crippen LogP contribution >= 0.6 is 0 Å². The van der Waals surface area contributed by atoms with E-state index >= 15 is 0 Å². The minimum absolute atomic E-state index is 0.215. The minimum atomic E-state index is -0.298. The van der Waals surface area contributed by atoms with E-state index in [0.717, 1.165) is 27.8 Å². The third-order valence-electron chi connectivity index (χ3n) is 4.84. The van der Waals surface area contributed by atoms with E-state index in [1.165, 1.54) is 0 Å². The molecule has 3 nitrogen and oxygen atoms in total. The number of rotatable bonds is 5. The second kappa shape index (κ2) is 8.89. The summed E-state index contributed by atoms with van der Waals surface area (Å²) in [6, 6.07) is 34.9. The highest BCUT2D eigenvalue weighted by molar-refractivity contribution is 5.76. The summed E-state index contributed by atoms with van der Waals surface area (Å²) in [5, 5.41) is 8.89.